The van der Waals surface area contributed by atoms with Crippen molar-refractivity contribution < 1.29 is 9.72 Å². The highest BCUT2D eigenvalue weighted by molar-refractivity contribution is 6.32. The molecule has 21 heavy (non-hydrogen) atoms. The lowest BCUT2D eigenvalue weighted by molar-refractivity contribution is -0.384. The maximum absolute atomic E-state index is 12.0. The quantitative estimate of drug-likeness (QED) is 0.596. The van der Waals surface area contributed by atoms with Crippen LogP contribution in [0.1, 0.15) is 26.7 Å². The number of nitrogens with two attached hydrogens (primary N) is 1. The Labute approximate surface area is 128 Å². The first-order valence-corrected chi connectivity index (χ1v) is 7.15. The zero-order chi connectivity index (χ0) is 16.0. The Morgan fingerprint density at radius 2 is 2.14 bits per heavy atom. The van der Waals surface area contributed by atoms with Crippen LogP contribution in [-0.4, -0.2) is 17.4 Å². The van der Waals surface area contributed by atoms with E-state index in [9.17, 15) is 14.9 Å². The lowest BCUT2D eigenvalue weighted by Crippen LogP contribution is -2.23. The van der Waals surface area contributed by atoms with Crippen LogP contribution < -0.4 is 11.1 Å². The van der Waals surface area contributed by atoms with E-state index in [2.05, 4.69) is 19.2 Å². The van der Waals surface area contributed by atoms with E-state index in [0.717, 1.165) is 6.42 Å². The number of carbonyl (C=O) groups is 1. The Kier molecular flexibility index (Phi) is 6.58. The molecule has 0 aromatic heterocycles. The van der Waals surface area contributed by atoms with Gasteiger partial charge in [0.15, 0.2) is 0 Å². The largest absolute Gasteiger partial charge is 0.330 e. The third-order valence-electron chi connectivity index (χ3n) is 3.04. The monoisotopic (exact) mass is 313 g/mol. The van der Waals surface area contributed by atoms with Crippen molar-refractivity contribution in [2.45, 2.75) is 26.7 Å². The first-order chi connectivity index (χ1) is 9.83. The fourth-order valence-corrected chi connectivity index (χ4v) is 2.32. The van der Waals surface area contributed by atoms with Gasteiger partial charge in [-0.25, -0.2) is 0 Å². The Balaban J connectivity index is 2.70. The molecular weight excluding hydrogens is 294 g/mol. The average Bonchev–Trinajstić information content (AvgIpc) is 2.39. The maximum Gasteiger partial charge on any atom is 0.289 e. The molecule has 3 N–H and O–H groups in total. The van der Waals surface area contributed by atoms with E-state index in [1.807, 2.05) is 0 Å². The summed E-state index contributed by atoms with van der Waals surface area (Å²) in [6, 6.07) is 4.18. The van der Waals surface area contributed by atoms with Crippen LogP contribution in [0.4, 0.5) is 11.4 Å². The summed E-state index contributed by atoms with van der Waals surface area (Å²) in [7, 11) is 0. The van der Waals surface area contributed by atoms with Crippen molar-refractivity contribution in [2.75, 3.05) is 11.9 Å². The van der Waals surface area contributed by atoms with Gasteiger partial charge in [-0.05, 0) is 36.9 Å². The van der Waals surface area contributed by atoms with E-state index in [1.54, 1.807) is 0 Å². The molecule has 0 fully saturated rings. The number of hydrogen-bond acceptors (Lipinski definition) is 4. The molecule has 1 rings (SSSR count). The van der Waals surface area contributed by atoms with Gasteiger partial charge in [0.2, 0.25) is 5.91 Å². The zero-order valence-electron chi connectivity index (χ0n) is 12.1. The molecule has 1 aromatic rings. The minimum Gasteiger partial charge on any atom is -0.330 e. The van der Waals surface area contributed by atoms with Crippen molar-refractivity contribution in [1.29, 1.82) is 0 Å². The Bertz CT molecular complexity index is 520. The van der Waals surface area contributed by atoms with Gasteiger partial charge in [0.05, 0.1) is 4.92 Å². The van der Waals surface area contributed by atoms with Crippen LogP contribution >= 0.6 is 11.6 Å². The molecule has 1 unspecified atom stereocenters. The lowest BCUT2D eigenvalue weighted by atomic mass is 9.94. The molecule has 0 saturated carbocycles. The Morgan fingerprint density at radius 3 is 2.67 bits per heavy atom. The number of amides is 1. The van der Waals surface area contributed by atoms with Gasteiger partial charge in [-0.15, -0.1) is 0 Å². The molecule has 1 atom stereocenters. The highest BCUT2D eigenvalue weighted by atomic mass is 35.5. The second-order valence-electron chi connectivity index (χ2n) is 5.41. The fourth-order valence-electron chi connectivity index (χ4n) is 2.13. The summed E-state index contributed by atoms with van der Waals surface area (Å²) in [6.45, 7) is 4.58. The SMILES string of the molecule is CC(C)CC(CN)CC(=O)Nc1ccc(Cl)c([N+](=O)[O-])c1. The molecule has 0 bridgehead atoms. The van der Waals surface area contributed by atoms with Crippen LogP contribution in [0.2, 0.25) is 5.02 Å². The van der Waals surface area contributed by atoms with E-state index in [1.165, 1.54) is 18.2 Å². The molecule has 0 heterocycles. The van der Waals surface area contributed by atoms with Gasteiger partial charge >= 0.3 is 0 Å². The third-order valence-corrected chi connectivity index (χ3v) is 3.36. The smallest absolute Gasteiger partial charge is 0.289 e. The Hall–Kier alpha value is -1.66. The minimum atomic E-state index is -0.584. The van der Waals surface area contributed by atoms with Gasteiger partial charge in [0.1, 0.15) is 5.02 Å². The predicted octanol–water partition coefficient (Wildman–Crippen LogP) is 3.20. The van der Waals surface area contributed by atoms with Crippen molar-refractivity contribution in [1.82, 2.24) is 0 Å². The summed E-state index contributed by atoms with van der Waals surface area (Å²) < 4.78 is 0. The van der Waals surface area contributed by atoms with Gasteiger partial charge in [-0.3, -0.25) is 14.9 Å². The van der Waals surface area contributed by atoms with Crippen molar-refractivity contribution >= 4 is 28.9 Å². The van der Waals surface area contributed by atoms with E-state index in [0.29, 0.717) is 24.6 Å². The Morgan fingerprint density at radius 1 is 1.48 bits per heavy atom. The number of nitro groups is 1. The van der Waals surface area contributed by atoms with E-state index in [-0.39, 0.29) is 22.5 Å². The fraction of sp³-hybridized carbons (Fsp3) is 0.500. The van der Waals surface area contributed by atoms with Crippen molar-refractivity contribution in [3.05, 3.63) is 33.3 Å². The summed E-state index contributed by atoms with van der Waals surface area (Å²) in [6.07, 6.45) is 1.16. The summed E-state index contributed by atoms with van der Waals surface area (Å²) >= 11 is 5.72. The number of rotatable bonds is 7. The molecular formula is C14H20ClN3O3. The molecule has 1 amide bonds. The maximum atomic E-state index is 12.0. The number of nitrogens with one attached hydrogen (secondary N) is 1. The van der Waals surface area contributed by atoms with Gasteiger partial charge in [-0.1, -0.05) is 25.4 Å². The number of nitro benzene ring substituents is 1. The molecule has 116 valence electrons. The molecule has 1 aromatic carbocycles. The summed E-state index contributed by atoms with van der Waals surface area (Å²) in [5.41, 5.74) is 5.79. The molecule has 0 aliphatic heterocycles. The van der Waals surface area contributed by atoms with Crippen LogP contribution in [0.5, 0.6) is 0 Å². The van der Waals surface area contributed by atoms with Crippen LogP contribution in [0.3, 0.4) is 0 Å². The van der Waals surface area contributed by atoms with Gasteiger partial charge in [0, 0.05) is 18.2 Å². The number of halogens is 1. The van der Waals surface area contributed by atoms with Crippen LogP contribution in [0.25, 0.3) is 0 Å². The molecule has 7 heteroatoms. The standard InChI is InChI=1S/C14H20ClN3O3/c1-9(2)5-10(8-16)6-14(19)17-11-3-4-12(15)13(7-11)18(20)21/h3-4,7,9-10H,5-6,8,16H2,1-2H3,(H,17,19). The second-order valence-corrected chi connectivity index (χ2v) is 5.81. The normalized spacial score (nSPS) is 12.2. The lowest BCUT2D eigenvalue weighted by Gasteiger charge is -2.16. The molecule has 0 aliphatic rings. The minimum absolute atomic E-state index is 0.0395. The second kappa shape index (κ2) is 7.95. The number of anilines is 1. The number of carbonyl (C=O) groups excluding carboxylic acids is 1. The predicted molar refractivity (Wildman–Crippen MR) is 83.4 cm³/mol. The van der Waals surface area contributed by atoms with Crippen LogP contribution in [0.15, 0.2) is 18.2 Å². The van der Waals surface area contributed by atoms with Gasteiger partial charge in [0.25, 0.3) is 5.69 Å². The van der Waals surface area contributed by atoms with Crippen LogP contribution in [0, 0.1) is 22.0 Å². The number of nitrogens with zero attached hydrogens (tertiary/aromatic N) is 1. The van der Waals surface area contributed by atoms with Gasteiger partial charge < -0.3 is 11.1 Å². The van der Waals surface area contributed by atoms with Gasteiger partial charge in [-0.2, -0.15) is 0 Å². The summed E-state index contributed by atoms with van der Waals surface area (Å²) in [5.74, 6) is 0.359. The van der Waals surface area contributed by atoms with E-state index < -0.39 is 4.92 Å². The van der Waals surface area contributed by atoms with Crippen LogP contribution in [-0.2, 0) is 4.79 Å². The van der Waals surface area contributed by atoms with Crippen molar-refractivity contribution in [3.8, 4) is 0 Å². The third kappa shape index (κ3) is 5.69. The average molecular weight is 314 g/mol. The first-order valence-electron chi connectivity index (χ1n) is 6.77. The topological polar surface area (TPSA) is 98.3 Å². The molecule has 0 saturated heterocycles. The molecule has 0 spiro atoms. The molecule has 0 radical (unpaired) electrons. The highest BCUT2D eigenvalue weighted by Gasteiger charge is 2.16. The van der Waals surface area contributed by atoms with E-state index in [4.69, 9.17) is 17.3 Å². The van der Waals surface area contributed by atoms with E-state index >= 15 is 0 Å². The first kappa shape index (κ1) is 17.4. The number of hydrogen-bond donors (Lipinski definition) is 2. The molecule has 0 aliphatic carbocycles. The molecule has 6 nitrogen and oxygen atoms in total. The highest BCUT2D eigenvalue weighted by Crippen LogP contribution is 2.27. The summed E-state index contributed by atoms with van der Waals surface area (Å²) in [4.78, 5) is 22.2. The van der Waals surface area contributed by atoms with Crippen molar-refractivity contribution in [2.24, 2.45) is 17.6 Å². The zero-order valence-corrected chi connectivity index (χ0v) is 12.9. The summed E-state index contributed by atoms with van der Waals surface area (Å²) in [5, 5.41) is 13.5. The number of benzene rings is 1. The van der Waals surface area contributed by atoms with Crippen molar-refractivity contribution in [3.63, 3.8) is 0 Å².